The van der Waals surface area contributed by atoms with Gasteiger partial charge in [0.05, 0.1) is 16.7 Å². The fraction of sp³-hybridized carbons (Fsp3) is 0. The second-order valence-electron chi connectivity index (χ2n) is 14.1. The molecule has 0 spiro atoms. The first-order valence-electron chi connectivity index (χ1n) is 18.8. The van der Waals surface area contributed by atoms with Gasteiger partial charge in [-0.2, -0.15) is 0 Å². The van der Waals surface area contributed by atoms with Crippen LogP contribution in [-0.4, -0.2) is 4.57 Å². The molecule has 0 aliphatic carbocycles. The van der Waals surface area contributed by atoms with Crippen molar-refractivity contribution in [3.63, 3.8) is 0 Å². The van der Waals surface area contributed by atoms with Crippen LogP contribution in [0.2, 0.25) is 0 Å². The van der Waals surface area contributed by atoms with Gasteiger partial charge in [-0.1, -0.05) is 146 Å². The highest BCUT2D eigenvalue weighted by molar-refractivity contribution is 6.19. The van der Waals surface area contributed by atoms with Gasteiger partial charge in [-0.15, -0.1) is 0 Å². The van der Waals surface area contributed by atoms with E-state index >= 15 is 0 Å². The molecule has 11 aromatic rings. The number of hydrogen-bond donors (Lipinski definition) is 0. The molecule has 11 rings (SSSR count). The fourth-order valence-electron chi connectivity index (χ4n) is 8.49. The standard InChI is InChI=1S/C52H34N2O/c1-3-14-35(15-4-1)38-17-11-20-41(34-38)53(48-26-13-24-45-43-21-7-9-25-47(43)54(51(45)48)39-18-5-2-6-19-39)40-31-28-36(29-32-40)42-23-12-16-37-30-33-46-44-22-8-10-27-49(44)55-52(46)50(37)42/h1-34H. The van der Waals surface area contributed by atoms with Gasteiger partial charge in [0.25, 0.3) is 0 Å². The zero-order valence-electron chi connectivity index (χ0n) is 29.9. The van der Waals surface area contributed by atoms with Crippen molar-refractivity contribution in [2.45, 2.75) is 0 Å². The lowest BCUT2D eigenvalue weighted by Crippen LogP contribution is -2.11. The number of furan rings is 1. The maximum absolute atomic E-state index is 6.56. The van der Waals surface area contributed by atoms with Gasteiger partial charge >= 0.3 is 0 Å². The van der Waals surface area contributed by atoms with Crippen LogP contribution in [0.3, 0.4) is 0 Å². The molecule has 0 aliphatic rings. The monoisotopic (exact) mass is 702 g/mol. The van der Waals surface area contributed by atoms with Crippen LogP contribution in [-0.2, 0) is 0 Å². The van der Waals surface area contributed by atoms with E-state index in [1.807, 2.05) is 6.07 Å². The van der Waals surface area contributed by atoms with Crippen molar-refractivity contribution in [3.8, 4) is 27.9 Å². The van der Waals surface area contributed by atoms with Crippen LogP contribution >= 0.6 is 0 Å². The summed E-state index contributed by atoms with van der Waals surface area (Å²) in [7, 11) is 0. The summed E-state index contributed by atoms with van der Waals surface area (Å²) in [5.74, 6) is 0. The minimum atomic E-state index is 0.908. The smallest absolute Gasteiger partial charge is 0.143 e. The molecule has 0 fully saturated rings. The first-order chi connectivity index (χ1) is 27.3. The molecule has 0 atom stereocenters. The Labute approximate surface area is 318 Å². The van der Waals surface area contributed by atoms with Gasteiger partial charge in [0.15, 0.2) is 0 Å². The summed E-state index contributed by atoms with van der Waals surface area (Å²) >= 11 is 0. The van der Waals surface area contributed by atoms with Crippen molar-refractivity contribution in [1.29, 1.82) is 0 Å². The second-order valence-corrected chi connectivity index (χ2v) is 14.1. The van der Waals surface area contributed by atoms with Crippen molar-refractivity contribution >= 4 is 71.6 Å². The Kier molecular flexibility index (Phi) is 7.17. The maximum atomic E-state index is 6.56. The number of anilines is 3. The third-order valence-corrected chi connectivity index (χ3v) is 11.0. The molecule has 0 bridgehead atoms. The SMILES string of the molecule is c1ccc(-c2cccc(N(c3ccc(-c4cccc5ccc6c7ccccc7oc6c45)cc3)c3cccc4c5ccccc5n(-c5ccccc5)c34)c2)cc1. The Morgan fingerprint density at radius 3 is 1.96 bits per heavy atom. The second kappa shape index (κ2) is 12.6. The molecular weight excluding hydrogens is 669 g/mol. The third kappa shape index (κ3) is 5.05. The number of fused-ring (bicyclic) bond motifs is 8. The molecule has 0 saturated heterocycles. The molecule has 0 N–H and O–H groups in total. The summed E-state index contributed by atoms with van der Waals surface area (Å²) in [6.45, 7) is 0. The van der Waals surface area contributed by atoms with E-state index in [1.165, 1.54) is 27.4 Å². The Balaban J connectivity index is 1.14. The van der Waals surface area contributed by atoms with Crippen molar-refractivity contribution in [3.05, 3.63) is 206 Å². The van der Waals surface area contributed by atoms with Gasteiger partial charge in [-0.05, 0) is 88.3 Å². The number of para-hydroxylation sites is 4. The summed E-state index contributed by atoms with van der Waals surface area (Å²) < 4.78 is 8.97. The van der Waals surface area contributed by atoms with E-state index in [0.717, 1.165) is 72.1 Å². The summed E-state index contributed by atoms with van der Waals surface area (Å²) in [5.41, 5.74) is 13.2. The molecule has 2 aromatic heterocycles. The number of rotatable bonds is 6. The van der Waals surface area contributed by atoms with Gasteiger partial charge in [0.1, 0.15) is 11.2 Å². The maximum Gasteiger partial charge on any atom is 0.143 e. The van der Waals surface area contributed by atoms with E-state index in [9.17, 15) is 0 Å². The highest BCUT2D eigenvalue weighted by Gasteiger charge is 2.22. The van der Waals surface area contributed by atoms with Crippen molar-refractivity contribution < 1.29 is 4.42 Å². The van der Waals surface area contributed by atoms with E-state index in [-0.39, 0.29) is 0 Å². The van der Waals surface area contributed by atoms with Crippen LogP contribution < -0.4 is 4.90 Å². The summed E-state index contributed by atoms with van der Waals surface area (Å²) in [6, 6.07) is 73.9. The largest absolute Gasteiger partial charge is 0.455 e. The summed E-state index contributed by atoms with van der Waals surface area (Å²) in [6.07, 6.45) is 0. The van der Waals surface area contributed by atoms with E-state index in [0.29, 0.717) is 0 Å². The molecule has 0 amide bonds. The Morgan fingerprint density at radius 2 is 1.11 bits per heavy atom. The fourth-order valence-corrected chi connectivity index (χ4v) is 8.49. The van der Waals surface area contributed by atoms with E-state index in [4.69, 9.17) is 4.42 Å². The van der Waals surface area contributed by atoms with Gasteiger partial charge in [0.2, 0.25) is 0 Å². The topological polar surface area (TPSA) is 21.3 Å². The van der Waals surface area contributed by atoms with Gasteiger partial charge < -0.3 is 13.9 Å². The number of benzene rings is 9. The lowest BCUT2D eigenvalue weighted by Gasteiger charge is -2.28. The molecule has 0 aliphatic heterocycles. The van der Waals surface area contributed by atoms with Crippen molar-refractivity contribution in [2.75, 3.05) is 4.90 Å². The molecule has 9 aromatic carbocycles. The highest BCUT2D eigenvalue weighted by Crippen LogP contribution is 2.45. The first kappa shape index (κ1) is 31.2. The molecule has 0 unspecified atom stereocenters. The predicted molar refractivity (Wildman–Crippen MR) is 231 cm³/mol. The van der Waals surface area contributed by atoms with Crippen LogP contribution in [0.4, 0.5) is 17.1 Å². The number of aromatic nitrogens is 1. The lowest BCUT2D eigenvalue weighted by molar-refractivity contribution is 0.673. The lowest BCUT2D eigenvalue weighted by atomic mass is 9.96. The molecule has 3 heteroatoms. The molecular formula is C52H34N2O. The summed E-state index contributed by atoms with van der Waals surface area (Å²) in [5, 5.41) is 7.01. The average molecular weight is 703 g/mol. The Morgan fingerprint density at radius 1 is 0.418 bits per heavy atom. The van der Waals surface area contributed by atoms with Crippen molar-refractivity contribution in [1.82, 2.24) is 4.57 Å². The molecule has 3 nitrogen and oxygen atoms in total. The van der Waals surface area contributed by atoms with Crippen LogP contribution in [0, 0.1) is 0 Å². The Bertz CT molecular complexity index is 3190. The molecule has 2 heterocycles. The first-order valence-corrected chi connectivity index (χ1v) is 18.8. The Hall–Kier alpha value is -7.36. The zero-order chi connectivity index (χ0) is 36.3. The van der Waals surface area contributed by atoms with Crippen LogP contribution in [0.25, 0.3) is 82.5 Å². The van der Waals surface area contributed by atoms with E-state index in [2.05, 4.69) is 210 Å². The van der Waals surface area contributed by atoms with Crippen molar-refractivity contribution in [2.24, 2.45) is 0 Å². The minimum absolute atomic E-state index is 0.908. The third-order valence-electron chi connectivity index (χ3n) is 11.0. The van der Waals surface area contributed by atoms with Crippen LogP contribution in [0.15, 0.2) is 211 Å². The van der Waals surface area contributed by atoms with Crippen LogP contribution in [0.1, 0.15) is 0 Å². The van der Waals surface area contributed by atoms with E-state index in [1.54, 1.807) is 0 Å². The quantitative estimate of drug-likeness (QED) is 0.172. The molecule has 258 valence electrons. The van der Waals surface area contributed by atoms with Gasteiger partial charge in [0, 0.05) is 44.0 Å². The molecule has 0 radical (unpaired) electrons. The minimum Gasteiger partial charge on any atom is -0.455 e. The normalized spacial score (nSPS) is 11.6. The zero-order valence-corrected chi connectivity index (χ0v) is 29.9. The number of hydrogen-bond acceptors (Lipinski definition) is 2. The van der Waals surface area contributed by atoms with Gasteiger partial charge in [-0.3, -0.25) is 0 Å². The number of nitrogens with zero attached hydrogens (tertiary/aromatic N) is 2. The van der Waals surface area contributed by atoms with E-state index < -0.39 is 0 Å². The molecule has 55 heavy (non-hydrogen) atoms. The average Bonchev–Trinajstić information content (AvgIpc) is 3.81. The van der Waals surface area contributed by atoms with Gasteiger partial charge in [-0.25, -0.2) is 0 Å². The highest BCUT2D eigenvalue weighted by atomic mass is 16.3. The summed E-state index contributed by atoms with van der Waals surface area (Å²) in [4.78, 5) is 2.41. The van der Waals surface area contributed by atoms with Crippen LogP contribution in [0.5, 0.6) is 0 Å². The molecule has 0 saturated carbocycles. The predicted octanol–water partition coefficient (Wildman–Crippen LogP) is 14.6.